The Morgan fingerprint density at radius 3 is 2.74 bits per heavy atom. The second kappa shape index (κ2) is 7.08. The smallest absolute Gasteiger partial charge is 0.221 e. The number of rotatable bonds is 3. The fraction of sp³-hybridized carbons (Fsp3) is 0.438. The molecular formula is C16H19N7O2S2. The first-order valence-electron chi connectivity index (χ1n) is 8.44. The van der Waals surface area contributed by atoms with Crippen LogP contribution >= 0.6 is 24.4 Å². The van der Waals surface area contributed by atoms with Gasteiger partial charge in [0.25, 0.3) is 0 Å². The van der Waals surface area contributed by atoms with Crippen LogP contribution in [0.5, 0.6) is 0 Å². The molecule has 3 heterocycles. The summed E-state index contributed by atoms with van der Waals surface area (Å²) >= 11 is 10.4. The number of nitrogens with one attached hydrogen (secondary N) is 1. The Bertz CT molecular complexity index is 963. The van der Waals surface area contributed by atoms with Crippen LogP contribution < -0.4 is 11.2 Å². The fourth-order valence-corrected chi connectivity index (χ4v) is 3.77. The van der Waals surface area contributed by atoms with E-state index in [4.69, 9.17) is 39.6 Å². The predicted molar refractivity (Wildman–Crippen MR) is 105 cm³/mol. The number of tetrazole rings is 1. The standard InChI is InChI=1S/C16H19N7O2S2/c1-8-3-9(2)5-10(4-8)22-16(27)23(21-20-22)12-6-11(18-19-15(17)26)14-24-7-13(12)25-14/h3-5,12-14H,6-7H2,1-2H3,(H3,17,19,26)/b18-11+/t12-,13+,14+/m1/s1. The van der Waals surface area contributed by atoms with Gasteiger partial charge >= 0.3 is 0 Å². The van der Waals surface area contributed by atoms with E-state index in [1.54, 1.807) is 9.36 Å². The molecule has 0 amide bonds. The second-order valence-corrected chi connectivity index (χ2v) is 7.46. The SMILES string of the molecule is Cc1cc(C)cc(-n2nnn([C@@H]3C/C(=N\NC(N)=S)[C@H]4OC[C@@H]3O4)c2=S)c1. The Morgan fingerprint density at radius 1 is 1.30 bits per heavy atom. The fourth-order valence-electron chi connectivity index (χ4n) is 3.41. The molecule has 0 saturated carbocycles. The molecule has 2 saturated heterocycles. The summed E-state index contributed by atoms with van der Waals surface area (Å²) in [5.41, 5.74) is 11.8. The van der Waals surface area contributed by atoms with Gasteiger partial charge in [-0.3, -0.25) is 5.43 Å². The number of thiocarbonyl (C=S) groups is 1. The number of nitrogens with two attached hydrogens (primary N) is 1. The highest BCUT2D eigenvalue weighted by molar-refractivity contribution is 7.80. The highest BCUT2D eigenvalue weighted by Gasteiger charge is 2.44. The molecule has 0 aliphatic carbocycles. The number of hydrazone groups is 1. The van der Waals surface area contributed by atoms with E-state index in [2.05, 4.69) is 27.0 Å². The number of aromatic nitrogens is 4. The van der Waals surface area contributed by atoms with Gasteiger partial charge in [-0.1, -0.05) is 6.07 Å². The van der Waals surface area contributed by atoms with Gasteiger partial charge < -0.3 is 15.2 Å². The minimum atomic E-state index is -0.503. The average Bonchev–Trinajstić information content (AvgIpc) is 3.18. The third-order valence-corrected chi connectivity index (χ3v) is 4.96. The van der Waals surface area contributed by atoms with E-state index in [9.17, 15) is 0 Å². The topological polar surface area (TPSA) is 105 Å². The van der Waals surface area contributed by atoms with Crippen molar-refractivity contribution in [2.24, 2.45) is 10.8 Å². The van der Waals surface area contributed by atoms with Gasteiger partial charge in [0.1, 0.15) is 6.10 Å². The summed E-state index contributed by atoms with van der Waals surface area (Å²) in [7, 11) is 0. The van der Waals surface area contributed by atoms with Crippen molar-refractivity contribution in [2.75, 3.05) is 6.61 Å². The first-order chi connectivity index (χ1) is 12.9. The molecular weight excluding hydrogens is 386 g/mol. The van der Waals surface area contributed by atoms with E-state index in [-0.39, 0.29) is 17.3 Å². The number of nitrogens with zero attached hydrogens (tertiary/aromatic N) is 5. The van der Waals surface area contributed by atoms with E-state index in [0.29, 0.717) is 23.5 Å². The van der Waals surface area contributed by atoms with Crippen LogP contribution in [0.1, 0.15) is 23.6 Å². The van der Waals surface area contributed by atoms with Crippen LogP contribution in [0.15, 0.2) is 23.3 Å². The molecule has 2 aliphatic rings. The predicted octanol–water partition coefficient (Wildman–Crippen LogP) is 1.29. The van der Waals surface area contributed by atoms with Gasteiger partial charge in [-0.05, 0) is 72.0 Å². The number of hydrogen-bond donors (Lipinski definition) is 2. The Morgan fingerprint density at radius 2 is 2.04 bits per heavy atom. The van der Waals surface area contributed by atoms with Gasteiger partial charge in [-0.15, -0.1) is 0 Å². The van der Waals surface area contributed by atoms with Crippen molar-refractivity contribution in [3.63, 3.8) is 0 Å². The molecule has 2 fully saturated rings. The van der Waals surface area contributed by atoms with Crippen LogP contribution in [0.3, 0.4) is 0 Å². The van der Waals surface area contributed by atoms with Crippen molar-refractivity contribution in [1.29, 1.82) is 0 Å². The van der Waals surface area contributed by atoms with Crippen LogP contribution in [-0.4, -0.2) is 49.6 Å². The minimum Gasteiger partial charge on any atom is -0.375 e. The molecule has 2 bridgehead atoms. The van der Waals surface area contributed by atoms with E-state index in [0.717, 1.165) is 16.8 Å². The highest BCUT2D eigenvalue weighted by Crippen LogP contribution is 2.33. The van der Waals surface area contributed by atoms with Crippen molar-refractivity contribution in [3.8, 4) is 5.69 Å². The quantitative estimate of drug-likeness (QED) is 0.581. The molecule has 2 aromatic rings. The summed E-state index contributed by atoms with van der Waals surface area (Å²) in [4.78, 5) is 0. The largest absolute Gasteiger partial charge is 0.375 e. The molecule has 3 atom stereocenters. The Kier molecular flexibility index (Phi) is 4.76. The van der Waals surface area contributed by atoms with Gasteiger partial charge in [0.2, 0.25) is 4.77 Å². The molecule has 142 valence electrons. The zero-order valence-corrected chi connectivity index (χ0v) is 16.5. The number of fused-ring (bicyclic) bond motifs is 2. The number of hydrogen-bond acceptors (Lipinski definition) is 7. The zero-order chi connectivity index (χ0) is 19.1. The molecule has 1 aromatic heterocycles. The Balaban J connectivity index is 1.67. The van der Waals surface area contributed by atoms with Crippen LogP contribution in [0.4, 0.5) is 0 Å². The lowest BCUT2D eigenvalue weighted by atomic mass is 10.0. The third kappa shape index (κ3) is 3.50. The van der Waals surface area contributed by atoms with Crippen molar-refractivity contribution < 1.29 is 9.47 Å². The lowest BCUT2D eigenvalue weighted by molar-refractivity contribution is -0.0324. The van der Waals surface area contributed by atoms with E-state index in [1.807, 2.05) is 26.0 Å². The lowest BCUT2D eigenvalue weighted by Crippen LogP contribution is -2.39. The summed E-state index contributed by atoms with van der Waals surface area (Å²) in [6, 6.07) is 5.96. The molecule has 0 spiro atoms. The molecule has 1 aromatic carbocycles. The molecule has 27 heavy (non-hydrogen) atoms. The van der Waals surface area contributed by atoms with Crippen LogP contribution in [0.25, 0.3) is 5.69 Å². The normalized spacial score (nSPS) is 25.7. The van der Waals surface area contributed by atoms with Crippen LogP contribution in [-0.2, 0) is 9.47 Å². The van der Waals surface area contributed by atoms with Gasteiger partial charge in [0.05, 0.1) is 24.0 Å². The summed E-state index contributed by atoms with van der Waals surface area (Å²) in [6.45, 7) is 4.50. The first kappa shape index (κ1) is 18.2. The molecule has 11 heteroatoms. The average molecular weight is 406 g/mol. The zero-order valence-electron chi connectivity index (χ0n) is 14.8. The van der Waals surface area contributed by atoms with Gasteiger partial charge in [0, 0.05) is 6.42 Å². The van der Waals surface area contributed by atoms with Crippen LogP contribution in [0, 0.1) is 18.6 Å². The summed E-state index contributed by atoms with van der Waals surface area (Å²) in [5, 5.41) is 12.8. The van der Waals surface area contributed by atoms with E-state index in [1.165, 1.54) is 0 Å². The molecule has 2 aliphatic heterocycles. The first-order valence-corrected chi connectivity index (χ1v) is 9.26. The van der Waals surface area contributed by atoms with Crippen molar-refractivity contribution in [3.05, 3.63) is 34.1 Å². The third-order valence-electron chi connectivity index (χ3n) is 4.51. The summed E-state index contributed by atoms with van der Waals surface area (Å²) < 4.78 is 15.4. The Hall–Kier alpha value is -2.21. The summed E-state index contributed by atoms with van der Waals surface area (Å²) in [5.74, 6) is 0. The van der Waals surface area contributed by atoms with Crippen molar-refractivity contribution in [1.82, 2.24) is 25.2 Å². The second-order valence-electron chi connectivity index (χ2n) is 6.65. The molecule has 4 rings (SSSR count). The number of aryl methyl sites for hydroxylation is 2. The van der Waals surface area contributed by atoms with Gasteiger partial charge in [-0.25, -0.2) is 4.68 Å². The van der Waals surface area contributed by atoms with Crippen molar-refractivity contribution in [2.45, 2.75) is 38.7 Å². The Labute approximate surface area is 166 Å². The maximum absolute atomic E-state index is 5.90. The monoisotopic (exact) mass is 405 g/mol. The number of ether oxygens (including phenoxy) is 2. The molecule has 0 radical (unpaired) electrons. The van der Waals surface area contributed by atoms with Gasteiger partial charge in [0.15, 0.2) is 11.4 Å². The lowest BCUT2D eigenvalue weighted by Gasteiger charge is -2.27. The van der Waals surface area contributed by atoms with Crippen molar-refractivity contribution >= 4 is 35.3 Å². The minimum absolute atomic E-state index is 0.0801. The van der Waals surface area contributed by atoms with Gasteiger partial charge in [-0.2, -0.15) is 9.78 Å². The highest BCUT2D eigenvalue weighted by atomic mass is 32.1. The number of benzene rings is 1. The maximum Gasteiger partial charge on any atom is 0.221 e. The molecule has 3 N–H and O–H groups in total. The molecule has 9 nitrogen and oxygen atoms in total. The molecule has 0 unspecified atom stereocenters. The maximum atomic E-state index is 5.90. The summed E-state index contributed by atoms with van der Waals surface area (Å²) in [6.07, 6.45) is -0.128. The van der Waals surface area contributed by atoms with E-state index >= 15 is 0 Å². The van der Waals surface area contributed by atoms with E-state index < -0.39 is 6.29 Å². The van der Waals surface area contributed by atoms with Crippen LogP contribution in [0.2, 0.25) is 0 Å².